The minimum absolute atomic E-state index is 0.00516. The number of nitrogens with zero attached hydrogens (tertiary/aromatic N) is 2. The number of nitrogens with two attached hydrogens (primary N) is 1. The van der Waals surface area contributed by atoms with Crippen LogP contribution in [0.25, 0.3) is 0 Å². The van der Waals surface area contributed by atoms with E-state index in [9.17, 15) is 4.39 Å². The maximum atomic E-state index is 13.8. The minimum atomic E-state index is -0.233. The molecule has 0 bridgehead atoms. The molecule has 3 nitrogen and oxygen atoms in total. The molecule has 2 aromatic rings. The molecule has 0 aliphatic carbocycles. The van der Waals surface area contributed by atoms with Gasteiger partial charge in [-0.15, -0.1) is 10.2 Å². The van der Waals surface area contributed by atoms with Gasteiger partial charge in [-0.1, -0.05) is 35.2 Å². The Hall–Kier alpha value is -0.980. The van der Waals surface area contributed by atoms with Crippen molar-refractivity contribution >= 4 is 23.1 Å². The van der Waals surface area contributed by atoms with Crippen molar-refractivity contribution in [3.63, 3.8) is 0 Å². The van der Waals surface area contributed by atoms with Gasteiger partial charge >= 0.3 is 0 Å². The summed E-state index contributed by atoms with van der Waals surface area (Å²) in [5.41, 5.74) is 8.31. The first-order chi connectivity index (χ1) is 8.16. The lowest BCUT2D eigenvalue weighted by atomic mass is 10.1. The molecule has 1 atom stereocenters. The molecule has 90 valence electrons. The zero-order chi connectivity index (χ0) is 12.3. The molecule has 1 aromatic heterocycles. The molecule has 0 amide bonds. The van der Waals surface area contributed by atoms with Gasteiger partial charge in [0.2, 0.25) is 0 Å². The summed E-state index contributed by atoms with van der Waals surface area (Å²) < 4.78 is 14.5. The highest BCUT2D eigenvalue weighted by molar-refractivity contribution is 8.01. The molecule has 2 N–H and O–H groups in total. The van der Waals surface area contributed by atoms with E-state index in [1.807, 2.05) is 13.0 Å². The third kappa shape index (κ3) is 3.24. The fourth-order valence-corrected chi connectivity index (χ4v) is 3.03. The number of aromatic nitrogens is 2. The second-order valence-corrected chi connectivity index (χ2v) is 5.81. The highest BCUT2D eigenvalue weighted by Gasteiger charge is 2.12. The van der Waals surface area contributed by atoms with Crippen LogP contribution in [0.3, 0.4) is 0 Å². The van der Waals surface area contributed by atoms with E-state index in [0.29, 0.717) is 11.3 Å². The Balaban J connectivity index is 2.30. The van der Waals surface area contributed by atoms with E-state index in [1.165, 1.54) is 29.2 Å². The van der Waals surface area contributed by atoms with E-state index >= 15 is 0 Å². The Labute approximate surface area is 107 Å². The van der Waals surface area contributed by atoms with Gasteiger partial charge < -0.3 is 5.73 Å². The summed E-state index contributed by atoms with van der Waals surface area (Å²) in [4.78, 5) is 0.599. The van der Waals surface area contributed by atoms with E-state index in [0.717, 1.165) is 9.90 Å². The van der Waals surface area contributed by atoms with E-state index in [-0.39, 0.29) is 11.9 Å². The fraction of sp³-hybridized carbons (Fsp3) is 0.273. The van der Waals surface area contributed by atoms with Crippen molar-refractivity contribution in [3.05, 3.63) is 35.1 Å². The molecule has 0 saturated heterocycles. The lowest BCUT2D eigenvalue weighted by molar-refractivity contribution is 0.592. The van der Waals surface area contributed by atoms with Crippen molar-refractivity contribution in [2.45, 2.75) is 28.6 Å². The van der Waals surface area contributed by atoms with Crippen molar-refractivity contribution < 1.29 is 4.39 Å². The molecule has 1 unspecified atom stereocenters. The Bertz CT molecular complexity index is 485. The summed E-state index contributed by atoms with van der Waals surface area (Å²) in [6.07, 6.45) is 0.652. The Morgan fingerprint density at radius 1 is 1.53 bits per heavy atom. The summed E-state index contributed by atoms with van der Waals surface area (Å²) in [7, 11) is 0. The predicted molar refractivity (Wildman–Crippen MR) is 67.8 cm³/mol. The second kappa shape index (κ2) is 5.57. The molecule has 0 aliphatic rings. The van der Waals surface area contributed by atoms with Crippen LogP contribution in [0.5, 0.6) is 0 Å². The summed E-state index contributed by atoms with van der Waals surface area (Å²) in [5, 5.41) is 7.65. The van der Waals surface area contributed by atoms with Crippen molar-refractivity contribution in [2.75, 3.05) is 0 Å². The average Bonchev–Trinajstić information content (AvgIpc) is 2.75. The number of benzene rings is 1. The predicted octanol–water partition coefficient (Wildman–Crippen LogP) is 2.72. The largest absolute Gasteiger partial charge is 0.328 e. The van der Waals surface area contributed by atoms with Gasteiger partial charge in [0, 0.05) is 6.04 Å². The maximum Gasteiger partial charge on any atom is 0.178 e. The van der Waals surface area contributed by atoms with Crippen LogP contribution < -0.4 is 5.73 Å². The first-order valence-corrected chi connectivity index (χ1v) is 6.83. The van der Waals surface area contributed by atoms with Gasteiger partial charge in [-0.05, 0) is 25.0 Å². The normalized spacial score (nSPS) is 12.6. The molecular weight excluding hydrogens is 257 g/mol. The molecule has 6 heteroatoms. The van der Waals surface area contributed by atoms with Crippen LogP contribution in [-0.2, 0) is 6.42 Å². The molecular formula is C11H12FN3S2. The molecule has 1 heterocycles. The van der Waals surface area contributed by atoms with Crippen LogP contribution in [0.2, 0.25) is 0 Å². The number of halogens is 1. The fourth-order valence-electron chi connectivity index (χ4n) is 1.47. The van der Waals surface area contributed by atoms with Crippen molar-refractivity contribution in [3.8, 4) is 0 Å². The molecule has 0 radical (unpaired) electrons. The summed E-state index contributed by atoms with van der Waals surface area (Å²) in [6, 6.07) is 5.06. The number of hydrogen-bond acceptors (Lipinski definition) is 5. The van der Waals surface area contributed by atoms with Crippen LogP contribution in [0.15, 0.2) is 32.9 Å². The molecule has 0 fully saturated rings. The third-order valence-electron chi connectivity index (χ3n) is 2.12. The van der Waals surface area contributed by atoms with Gasteiger partial charge in [-0.2, -0.15) is 0 Å². The molecule has 0 saturated carbocycles. The van der Waals surface area contributed by atoms with Crippen LogP contribution in [0, 0.1) is 5.82 Å². The summed E-state index contributed by atoms with van der Waals surface area (Å²) >= 11 is 2.70. The van der Waals surface area contributed by atoms with Gasteiger partial charge in [0.1, 0.15) is 11.3 Å². The first-order valence-electron chi connectivity index (χ1n) is 5.14. The van der Waals surface area contributed by atoms with Gasteiger partial charge in [0.25, 0.3) is 0 Å². The van der Waals surface area contributed by atoms with Crippen LogP contribution in [-0.4, -0.2) is 16.2 Å². The molecule has 1 aromatic carbocycles. The minimum Gasteiger partial charge on any atom is -0.328 e. The standard InChI is InChI=1S/C11H12FN3S2/c1-7(13)5-8-3-2-4-9(12)10(8)17-11-15-14-6-16-11/h2-4,6-7H,5,13H2,1H3. The highest BCUT2D eigenvalue weighted by Crippen LogP contribution is 2.33. The van der Waals surface area contributed by atoms with Crippen LogP contribution in [0.4, 0.5) is 4.39 Å². The summed E-state index contributed by atoms with van der Waals surface area (Å²) in [6.45, 7) is 1.91. The van der Waals surface area contributed by atoms with E-state index < -0.39 is 0 Å². The van der Waals surface area contributed by atoms with Gasteiger partial charge in [-0.25, -0.2) is 4.39 Å². The van der Waals surface area contributed by atoms with E-state index in [2.05, 4.69) is 10.2 Å². The second-order valence-electron chi connectivity index (χ2n) is 3.72. The molecule has 0 spiro atoms. The highest BCUT2D eigenvalue weighted by atomic mass is 32.2. The maximum absolute atomic E-state index is 13.8. The van der Waals surface area contributed by atoms with Crippen molar-refractivity contribution in [1.29, 1.82) is 0 Å². The van der Waals surface area contributed by atoms with Crippen LogP contribution in [0.1, 0.15) is 12.5 Å². The first kappa shape index (κ1) is 12.5. The Morgan fingerprint density at radius 2 is 2.35 bits per heavy atom. The summed E-state index contributed by atoms with van der Waals surface area (Å²) in [5.74, 6) is -0.233. The van der Waals surface area contributed by atoms with Gasteiger partial charge in [-0.3, -0.25) is 0 Å². The third-order valence-corrected chi connectivity index (χ3v) is 4.06. The van der Waals surface area contributed by atoms with Crippen molar-refractivity contribution in [2.24, 2.45) is 5.73 Å². The molecule has 17 heavy (non-hydrogen) atoms. The van der Waals surface area contributed by atoms with Gasteiger partial charge in [0.05, 0.1) is 4.90 Å². The number of rotatable bonds is 4. The molecule has 2 rings (SSSR count). The SMILES string of the molecule is CC(N)Cc1cccc(F)c1Sc1nncs1. The lowest BCUT2D eigenvalue weighted by Gasteiger charge is -2.10. The van der Waals surface area contributed by atoms with Crippen molar-refractivity contribution in [1.82, 2.24) is 10.2 Å². The smallest absolute Gasteiger partial charge is 0.178 e. The lowest BCUT2D eigenvalue weighted by Crippen LogP contribution is -2.18. The monoisotopic (exact) mass is 269 g/mol. The van der Waals surface area contributed by atoms with Gasteiger partial charge in [0.15, 0.2) is 4.34 Å². The van der Waals surface area contributed by atoms with E-state index in [1.54, 1.807) is 11.6 Å². The quantitative estimate of drug-likeness (QED) is 0.927. The Kier molecular flexibility index (Phi) is 4.09. The zero-order valence-electron chi connectivity index (χ0n) is 9.26. The Morgan fingerprint density at radius 3 is 3.00 bits per heavy atom. The number of hydrogen-bond donors (Lipinski definition) is 1. The molecule has 0 aliphatic heterocycles. The van der Waals surface area contributed by atoms with E-state index in [4.69, 9.17) is 5.73 Å². The van der Waals surface area contributed by atoms with Crippen LogP contribution >= 0.6 is 23.1 Å². The zero-order valence-corrected chi connectivity index (χ0v) is 10.9. The topological polar surface area (TPSA) is 51.8 Å². The average molecular weight is 269 g/mol.